The third-order valence-electron chi connectivity index (χ3n) is 1.66. The molecule has 0 atom stereocenters. The van der Waals surface area contributed by atoms with Crippen molar-refractivity contribution in [3.63, 3.8) is 0 Å². The van der Waals surface area contributed by atoms with Gasteiger partial charge in [-0.1, -0.05) is 34.1 Å². The van der Waals surface area contributed by atoms with Gasteiger partial charge in [0, 0.05) is 18.1 Å². The van der Waals surface area contributed by atoms with E-state index in [-0.39, 0.29) is 0 Å². The molecule has 1 aromatic carbocycles. The Morgan fingerprint density at radius 1 is 1.54 bits per heavy atom. The van der Waals surface area contributed by atoms with Crippen LogP contribution in [0.25, 0.3) is 0 Å². The molecule has 0 radical (unpaired) electrons. The van der Waals surface area contributed by atoms with Crippen LogP contribution in [-0.2, 0) is 6.54 Å². The molecule has 0 heterocycles. The molecule has 0 saturated carbocycles. The van der Waals surface area contributed by atoms with Gasteiger partial charge in [0.05, 0.1) is 0 Å². The Morgan fingerprint density at radius 3 is 2.85 bits per heavy atom. The molecule has 13 heavy (non-hydrogen) atoms. The van der Waals surface area contributed by atoms with Crippen molar-refractivity contribution in [2.45, 2.75) is 6.54 Å². The van der Waals surface area contributed by atoms with Gasteiger partial charge in [-0.15, -0.1) is 0 Å². The molecule has 0 fully saturated rings. The zero-order valence-electron chi connectivity index (χ0n) is 7.42. The minimum absolute atomic E-state index is 0.454. The van der Waals surface area contributed by atoms with Crippen molar-refractivity contribution in [1.29, 1.82) is 0 Å². The predicted molar refractivity (Wildman–Crippen MR) is 58.5 cm³/mol. The molecule has 0 amide bonds. The highest BCUT2D eigenvalue weighted by molar-refractivity contribution is 9.10. The van der Waals surface area contributed by atoms with Crippen LogP contribution in [0.2, 0.25) is 0 Å². The first-order valence-corrected chi connectivity index (χ1v) is 4.73. The van der Waals surface area contributed by atoms with Crippen molar-refractivity contribution in [1.82, 2.24) is 5.32 Å². The minimum atomic E-state index is 0.454. The largest absolute Gasteiger partial charge is 0.370 e. The Hall–Kier alpha value is -1.03. The summed E-state index contributed by atoms with van der Waals surface area (Å²) < 4.78 is 1.08. The summed E-state index contributed by atoms with van der Waals surface area (Å²) in [5.74, 6) is 0.454. The average molecular weight is 242 g/mol. The van der Waals surface area contributed by atoms with Gasteiger partial charge in [0.1, 0.15) is 0 Å². The number of aliphatic imine (C=N–C) groups is 1. The van der Waals surface area contributed by atoms with Gasteiger partial charge in [-0.2, -0.15) is 0 Å². The van der Waals surface area contributed by atoms with Crippen LogP contribution in [0.5, 0.6) is 0 Å². The lowest BCUT2D eigenvalue weighted by Crippen LogP contribution is -2.30. The maximum absolute atomic E-state index is 5.49. The highest BCUT2D eigenvalue weighted by Gasteiger charge is 1.97. The van der Waals surface area contributed by atoms with Crippen LogP contribution in [0, 0.1) is 0 Å². The molecule has 0 unspecified atom stereocenters. The zero-order valence-corrected chi connectivity index (χ0v) is 9.01. The Morgan fingerprint density at radius 2 is 2.23 bits per heavy atom. The molecular weight excluding hydrogens is 230 g/mol. The third kappa shape index (κ3) is 3.06. The summed E-state index contributed by atoms with van der Waals surface area (Å²) in [6, 6.07) is 7.99. The van der Waals surface area contributed by atoms with Gasteiger partial charge >= 0.3 is 0 Å². The van der Waals surface area contributed by atoms with E-state index in [2.05, 4.69) is 26.2 Å². The first kappa shape index (κ1) is 10.1. The highest BCUT2D eigenvalue weighted by Crippen LogP contribution is 2.14. The quantitative estimate of drug-likeness (QED) is 0.609. The molecular formula is C9H12BrN3. The minimum Gasteiger partial charge on any atom is -0.370 e. The van der Waals surface area contributed by atoms with E-state index >= 15 is 0 Å². The van der Waals surface area contributed by atoms with E-state index in [4.69, 9.17) is 5.73 Å². The monoisotopic (exact) mass is 241 g/mol. The third-order valence-corrected chi connectivity index (χ3v) is 2.43. The molecule has 3 nitrogen and oxygen atoms in total. The van der Waals surface area contributed by atoms with Crippen molar-refractivity contribution in [3.05, 3.63) is 34.3 Å². The van der Waals surface area contributed by atoms with E-state index in [0.29, 0.717) is 12.5 Å². The Kier molecular flexibility index (Phi) is 3.76. The molecule has 1 rings (SSSR count). The van der Waals surface area contributed by atoms with Crippen molar-refractivity contribution in [3.8, 4) is 0 Å². The van der Waals surface area contributed by atoms with Gasteiger partial charge in [-0.3, -0.25) is 4.99 Å². The topological polar surface area (TPSA) is 50.4 Å². The predicted octanol–water partition coefficient (Wildman–Crippen LogP) is 1.48. The smallest absolute Gasteiger partial charge is 0.188 e. The fourth-order valence-corrected chi connectivity index (χ4v) is 1.33. The van der Waals surface area contributed by atoms with Crippen LogP contribution in [0.4, 0.5) is 0 Å². The molecule has 4 heteroatoms. The van der Waals surface area contributed by atoms with Crippen LogP contribution < -0.4 is 11.1 Å². The van der Waals surface area contributed by atoms with Gasteiger partial charge < -0.3 is 11.1 Å². The number of benzene rings is 1. The van der Waals surface area contributed by atoms with E-state index in [1.165, 1.54) is 0 Å². The van der Waals surface area contributed by atoms with Crippen LogP contribution in [0.3, 0.4) is 0 Å². The molecule has 1 aromatic rings. The molecule has 0 aliphatic carbocycles. The number of nitrogens with one attached hydrogen (secondary N) is 1. The summed E-state index contributed by atoms with van der Waals surface area (Å²) in [4.78, 5) is 3.80. The molecule has 0 saturated heterocycles. The highest BCUT2D eigenvalue weighted by atomic mass is 79.9. The summed E-state index contributed by atoms with van der Waals surface area (Å²) in [7, 11) is 1.66. The molecule has 70 valence electrons. The van der Waals surface area contributed by atoms with Gasteiger partial charge in [0.2, 0.25) is 0 Å². The Balaban J connectivity index is 2.60. The molecule has 0 bridgehead atoms. The summed E-state index contributed by atoms with van der Waals surface area (Å²) in [6.45, 7) is 0.685. The van der Waals surface area contributed by atoms with Gasteiger partial charge in [-0.05, 0) is 11.6 Å². The van der Waals surface area contributed by atoms with Crippen molar-refractivity contribution in [2.24, 2.45) is 10.7 Å². The maximum Gasteiger partial charge on any atom is 0.188 e. The fraction of sp³-hybridized carbons (Fsp3) is 0.222. The summed E-state index contributed by atoms with van der Waals surface area (Å²) >= 11 is 3.45. The van der Waals surface area contributed by atoms with E-state index in [1.807, 2.05) is 24.3 Å². The van der Waals surface area contributed by atoms with Crippen LogP contribution in [-0.4, -0.2) is 13.0 Å². The van der Waals surface area contributed by atoms with Gasteiger partial charge in [0.15, 0.2) is 5.96 Å². The number of halogens is 1. The van der Waals surface area contributed by atoms with Crippen LogP contribution in [0.15, 0.2) is 33.7 Å². The van der Waals surface area contributed by atoms with Crippen LogP contribution in [0.1, 0.15) is 5.56 Å². The lowest BCUT2D eigenvalue weighted by Gasteiger charge is -2.06. The number of rotatable bonds is 2. The summed E-state index contributed by atoms with van der Waals surface area (Å²) in [6.07, 6.45) is 0. The standard InChI is InChI=1S/C9H12BrN3/c1-12-9(11)13-6-7-4-2-3-5-8(7)10/h2-5H,6H2,1H3,(H3,11,12,13). The second-order valence-corrected chi connectivity index (χ2v) is 3.41. The zero-order chi connectivity index (χ0) is 9.68. The Bertz CT molecular complexity index is 309. The lowest BCUT2D eigenvalue weighted by atomic mass is 10.2. The van der Waals surface area contributed by atoms with Crippen LogP contribution >= 0.6 is 15.9 Å². The van der Waals surface area contributed by atoms with Gasteiger partial charge in [-0.25, -0.2) is 0 Å². The fourth-order valence-electron chi connectivity index (χ4n) is 0.907. The van der Waals surface area contributed by atoms with Gasteiger partial charge in [0.25, 0.3) is 0 Å². The number of nitrogens with two attached hydrogens (primary N) is 1. The lowest BCUT2D eigenvalue weighted by molar-refractivity contribution is 0.896. The molecule has 3 N–H and O–H groups in total. The first-order chi connectivity index (χ1) is 6.24. The number of guanidine groups is 1. The number of nitrogens with zero attached hydrogens (tertiary/aromatic N) is 1. The normalized spacial score (nSPS) is 11.4. The molecule has 0 aliphatic heterocycles. The van der Waals surface area contributed by atoms with Crippen molar-refractivity contribution < 1.29 is 0 Å². The summed E-state index contributed by atoms with van der Waals surface area (Å²) in [5, 5.41) is 2.99. The second-order valence-electron chi connectivity index (χ2n) is 2.55. The molecule has 0 aliphatic rings. The second kappa shape index (κ2) is 4.87. The van der Waals surface area contributed by atoms with Crippen molar-refractivity contribution >= 4 is 21.9 Å². The number of hydrogen-bond donors (Lipinski definition) is 2. The summed E-state index contributed by atoms with van der Waals surface area (Å²) in [5.41, 5.74) is 6.66. The van der Waals surface area contributed by atoms with E-state index in [0.717, 1.165) is 10.0 Å². The molecule has 0 aromatic heterocycles. The first-order valence-electron chi connectivity index (χ1n) is 3.93. The van der Waals surface area contributed by atoms with E-state index < -0.39 is 0 Å². The number of hydrogen-bond acceptors (Lipinski definition) is 1. The average Bonchev–Trinajstić information content (AvgIpc) is 2.16. The maximum atomic E-state index is 5.49. The Labute approximate surface area is 86.2 Å². The molecule has 0 spiro atoms. The van der Waals surface area contributed by atoms with E-state index in [9.17, 15) is 0 Å². The SMILES string of the molecule is CN=C(N)NCc1ccccc1Br. The van der Waals surface area contributed by atoms with E-state index in [1.54, 1.807) is 7.05 Å². The van der Waals surface area contributed by atoms with Crippen molar-refractivity contribution in [2.75, 3.05) is 7.05 Å².